The fourth-order valence-corrected chi connectivity index (χ4v) is 3.26. The van der Waals surface area contributed by atoms with Crippen LogP contribution in [0.15, 0.2) is 31.4 Å². The number of benzene rings is 1. The molecular weight excluding hydrogens is 320 g/mol. The average Bonchev–Trinajstić information content (AvgIpc) is 2.91. The van der Waals surface area contributed by atoms with E-state index in [1.807, 2.05) is 26.8 Å². The van der Waals surface area contributed by atoms with E-state index >= 15 is 0 Å². The van der Waals surface area contributed by atoms with Crippen LogP contribution in [0.3, 0.4) is 0 Å². The Morgan fingerprint density at radius 1 is 1.24 bits per heavy atom. The van der Waals surface area contributed by atoms with Crippen molar-refractivity contribution in [3.05, 3.63) is 42.5 Å². The number of piperazine rings is 1. The van der Waals surface area contributed by atoms with Gasteiger partial charge >= 0.3 is 12.1 Å². The van der Waals surface area contributed by atoms with Crippen molar-refractivity contribution < 1.29 is 19.4 Å². The van der Waals surface area contributed by atoms with Crippen molar-refractivity contribution in [2.24, 2.45) is 0 Å². The number of rotatable bonds is 1. The summed E-state index contributed by atoms with van der Waals surface area (Å²) in [4.78, 5) is 27.3. The molecule has 2 heterocycles. The number of nitrogens with zero attached hydrogens (tertiary/aromatic N) is 2. The fourth-order valence-electron chi connectivity index (χ4n) is 3.26. The van der Waals surface area contributed by atoms with Gasteiger partial charge in [0.1, 0.15) is 5.60 Å². The molecule has 1 aromatic rings. The average molecular weight is 346 g/mol. The zero-order valence-corrected chi connectivity index (χ0v) is 15.1. The molecule has 3 rings (SSSR count). The molecule has 0 saturated carbocycles. The Morgan fingerprint density at radius 3 is 2.52 bits per heavy atom. The summed E-state index contributed by atoms with van der Waals surface area (Å²) in [7, 11) is 0. The van der Waals surface area contributed by atoms with E-state index in [0.29, 0.717) is 18.7 Å². The van der Waals surface area contributed by atoms with Gasteiger partial charge in [-0.05, 0) is 51.0 Å². The highest BCUT2D eigenvalue weighted by Gasteiger charge is 2.37. The second-order valence-corrected chi connectivity index (χ2v) is 7.13. The van der Waals surface area contributed by atoms with Crippen molar-refractivity contribution in [3.8, 4) is 0 Å². The largest absolute Gasteiger partial charge is 0.478 e. The normalized spacial score (nSPS) is 18.6. The van der Waals surface area contributed by atoms with Crippen LogP contribution >= 0.6 is 0 Å². The van der Waals surface area contributed by atoms with E-state index in [9.17, 15) is 9.59 Å². The van der Waals surface area contributed by atoms with Gasteiger partial charge in [0.05, 0.1) is 11.6 Å². The molecule has 1 aromatic carbocycles. The molecule has 1 unspecified atom stereocenters. The van der Waals surface area contributed by atoms with Gasteiger partial charge in [0.15, 0.2) is 0 Å². The van der Waals surface area contributed by atoms with E-state index in [4.69, 9.17) is 9.84 Å². The lowest BCUT2D eigenvalue weighted by Crippen LogP contribution is -2.54. The first-order valence-corrected chi connectivity index (χ1v) is 8.35. The molecule has 1 amide bonds. The van der Waals surface area contributed by atoms with Crippen molar-refractivity contribution in [1.29, 1.82) is 0 Å². The van der Waals surface area contributed by atoms with Crippen LogP contribution in [0.4, 0.5) is 10.5 Å². The lowest BCUT2D eigenvalue weighted by Gasteiger charge is -2.39. The summed E-state index contributed by atoms with van der Waals surface area (Å²) in [6, 6.07) is 5.45. The van der Waals surface area contributed by atoms with Crippen molar-refractivity contribution in [1.82, 2.24) is 4.90 Å². The highest BCUT2D eigenvalue weighted by molar-refractivity contribution is 5.89. The molecule has 2 aliphatic rings. The summed E-state index contributed by atoms with van der Waals surface area (Å²) in [5.74, 6) is -0.909. The zero-order chi connectivity index (χ0) is 18.8. The number of anilines is 1. The highest BCUT2D eigenvalue weighted by atomic mass is 16.6. The van der Waals surface area contributed by atoms with Crippen molar-refractivity contribution in [2.45, 2.75) is 38.8 Å². The molecule has 1 atom stereocenters. The van der Waals surface area contributed by atoms with Gasteiger partial charge in [0, 0.05) is 25.3 Å². The third-order valence-corrected chi connectivity index (χ3v) is 4.23. The molecule has 2 aliphatic heterocycles. The second-order valence-electron chi connectivity index (χ2n) is 7.13. The maximum Gasteiger partial charge on any atom is 0.410 e. The van der Waals surface area contributed by atoms with E-state index in [2.05, 4.69) is 18.1 Å². The third-order valence-electron chi connectivity index (χ3n) is 4.23. The molecule has 1 fully saturated rings. The first kappa shape index (κ1) is 18.8. The second kappa shape index (κ2) is 7.17. The molecule has 25 heavy (non-hydrogen) atoms. The molecule has 136 valence electrons. The number of aromatic carboxylic acids is 1. The molecule has 0 aromatic heterocycles. The summed E-state index contributed by atoms with van der Waals surface area (Å²) >= 11 is 0. The zero-order valence-electron chi connectivity index (χ0n) is 15.1. The molecule has 0 spiro atoms. The number of amides is 1. The van der Waals surface area contributed by atoms with E-state index in [0.717, 1.165) is 24.2 Å². The minimum absolute atomic E-state index is 0.190. The van der Waals surface area contributed by atoms with Crippen LogP contribution in [0, 0.1) is 0 Å². The van der Waals surface area contributed by atoms with Gasteiger partial charge in [-0.2, -0.15) is 0 Å². The number of hydrogen-bond donors (Lipinski definition) is 1. The summed E-state index contributed by atoms with van der Waals surface area (Å²) in [5, 5.41) is 9.11. The molecule has 6 nitrogen and oxygen atoms in total. The van der Waals surface area contributed by atoms with Crippen LogP contribution in [0.1, 0.15) is 36.7 Å². The number of fused-ring (bicyclic) bond motifs is 3. The number of hydrogen-bond acceptors (Lipinski definition) is 4. The number of carbonyl (C=O) groups excluding carboxylic acids is 1. The Labute approximate surface area is 148 Å². The fraction of sp³-hybridized carbons (Fsp3) is 0.474. The van der Waals surface area contributed by atoms with E-state index < -0.39 is 11.6 Å². The van der Waals surface area contributed by atoms with Gasteiger partial charge in [-0.3, -0.25) is 0 Å². The lowest BCUT2D eigenvalue weighted by molar-refractivity contribution is 0.0217. The minimum Gasteiger partial charge on any atom is -0.478 e. The SMILES string of the molecule is C=C.CC(C)(C)OC(=O)N1CCN2c3ccc(C(=O)O)cc3CC2C1. The molecule has 1 N–H and O–H groups in total. The molecule has 6 heteroatoms. The molecule has 1 saturated heterocycles. The van der Waals surface area contributed by atoms with Crippen LogP contribution in [-0.2, 0) is 11.2 Å². The maximum absolute atomic E-state index is 12.2. The predicted molar refractivity (Wildman–Crippen MR) is 97.3 cm³/mol. The molecule has 0 aliphatic carbocycles. The van der Waals surface area contributed by atoms with Crippen LogP contribution in [0.2, 0.25) is 0 Å². The molecular formula is C19H26N2O4. The van der Waals surface area contributed by atoms with E-state index in [1.54, 1.807) is 17.0 Å². The number of carboxylic acid groups (broad SMARTS) is 1. The quantitative estimate of drug-likeness (QED) is 0.791. The Kier molecular flexibility index (Phi) is 5.40. The summed E-state index contributed by atoms with van der Waals surface area (Å²) < 4.78 is 5.44. The summed E-state index contributed by atoms with van der Waals surface area (Å²) in [6.45, 7) is 13.5. The summed E-state index contributed by atoms with van der Waals surface area (Å²) in [5.41, 5.74) is 1.95. The van der Waals surface area contributed by atoms with E-state index in [1.165, 1.54) is 0 Å². The Hall–Kier alpha value is -2.50. The van der Waals surface area contributed by atoms with Crippen molar-refractivity contribution in [3.63, 3.8) is 0 Å². The first-order chi connectivity index (χ1) is 11.7. The van der Waals surface area contributed by atoms with Crippen molar-refractivity contribution >= 4 is 17.7 Å². The maximum atomic E-state index is 12.2. The minimum atomic E-state index is -0.909. The monoisotopic (exact) mass is 346 g/mol. The van der Waals surface area contributed by atoms with Gasteiger partial charge < -0.3 is 19.6 Å². The topological polar surface area (TPSA) is 70.1 Å². The third kappa shape index (κ3) is 4.13. The first-order valence-electron chi connectivity index (χ1n) is 8.35. The standard InChI is InChI=1S/C17H22N2O4.C2H4/c1-17(2,3)23-16(22)18-6-7-19-13(10-18)9-12-8-11(15(20)21)4-5-14(12)19;1-2/h4-5,8,13H,6-7,9-10H2,1-3H3,(H,20,21);1-2H2. The lowest BCUT2D eigenvalue weighted by atomic mass is 10.1. The Balaban J connectivity index is 0.00000109. The Bertz CT molecular complexity index is 666. The summed E-state index contributed by atoms with van der Waals surface area (Å²) in [6.07, 6.45) is 0.481. The van der Waals surface area contributed by atoms with Crippen LogP contribution in [0.5, 0.6) is 0 Å². The molecule has 0 bridgehead atoms. The van der Waals surface area contributed by atoms with Gasteiger partial charge in [-0.25, -0.2) is 9.59 Å². The number of carboxylic acids is 1. The van der Waals surface area contributed by atoms with Crippen LogP contribution in [0.25, 0.3) is 0 Å². The molecule has 0 radical (unpaired) electrons. The van der Waals surface area contributed by atoms with E-state index in [-0.39, 0.29) is 12.1 Å². The smallest absolute Gasteiger partial charge is 0.410 e. The van der Waals surface area contributed by atoms with Gasteiger partial charge in [0.25, 0.3) is 0 Å². The number of ether oxygens (including phenoxy) is 1. The van der Waals surface area contributed by atoms with Gasteiger partial charge in [0.2, 0.25) is 0 Å². The van der Waals surface area contributed by atoms with Crippen LogP contribution in [-0.4, -0.2) is 53.3 Å². The number of carbonyl (C=O) groups is 2. The van der Waals surface area contributed by atoms with Gasteiger partial charge in [-0.1, -0.05) is 0 Å². The highest BCUT2D eigenvalue weighted by Crippen LogP contribution is 2.35. The van der Waals surface area contributed by atoms with Crippen molar-refractivity contribution in [2.75, 3.05) is 24.5 Å². The Morgan fingerprint density at radius 2 is 1.92 bits per heavy atom. The van der Waals surface area contributed by atoms with Gasteiger partial charge in [-0.15, -0.1) is 13.2 Å². The van der Waals surface area contributed by atoms with Crippen LogP contribution < -0.4 is 4.90 Å². The predicted octanol–water partition coefficient (Wildman–Crippen LogP) is 3.17.